The van der Waals surface area contributed by atoms with Crippen molar-refractivity contribution in [2.75, 3.05) is 150 Å². The Kier molecular flexibility index (Phi) is 42.2. The number of sulfonamides is 3. The second-order valence-electron chi connectivity index (χ2n) is 27.9. The maximum atomic E-state index is 15.3. The second kappa shape index (κ2) is 50.1. The van der Waals surface area contributed by atoms with E-state index < -0.39 is 160 Å². The van der Waals surface area contributed by atoms with Crippen LogP contribution in [0.5, 0.6) is 0 Å². The zero-order chi connectivity index (χ0) is 83.8. The van der Waals surface area contributed by atoms with E-state index in [-0.39, 0.29) is 119 Å². The van der Waals surface area contributed by atoms with Crippen LogP contribution in [0.15, 0.2) is 118 Å². The number of aliphatic carboxylic acids is 1. The molecule has 38 heteroatoms. The summed E-state index contributed by atoms with van der Waals surface area (Å²) in [6.45, 7) is -3.47. The summed E-state index contributed by atoms with van der Waals surface area (Å²) in [6.07, 6.45) is 8.30. The minimum Gasteiger partial charge on any atom is -0.480 e. The maximum absolute atomic E-state index is 15.3. The van der Waals surface area contributed by atoms with Gasteiger partial charge in [-0.3, -0.25) is 43.2 Å². The summed E-state index contributed by atoms with van der Waals surface area (Å²) in [4.78, 5) is 154. The molecule has 1 atom stereocenters. The quantitative estimate of drug-likeness (QED) is 0.0207. The number of ether oxygens (including phenoxy) is 1. The van der Waals surface area contributed by atoms with Crippen LogP contribution in [0.4, 0.5) is 0 Å². The highest BCUT2D eigenvalue weighted by Gasteiger charge is 2.35. The summed E-state index contributed by atoms with van der Waals surface area (Å²) in [7, 11) is -12.3. The smallest absolute Gasteiger partial charge is 0.326 e. The minimum absolute atomic E-state index is 0.00276. The Morgan fingerprint density at radius 1 is 0.456 bits per heavy atom. The number of hydrogen-bond acceptors (Lipinski definition) is 22. The van der Waals surface area contributed by atoms with Gasteiger partial charge in [0.05, 0.1) is 60.5 Å². The number of benzene rings is 4. The Hall–Kier alpha value is -8.54. The molecule has 9 amide bonds. The SMILES string of the molecule is CCOCN(CC(=O)N(CCc1ccc(S(N)(=O)=O)cc1)CC(=O)N(CCc1ccc(S(N)(=O)=O)cc1)CC(=O)N(CCCCN)CC(=O)N(CCCCN)CC(=O)NC(CCSC)C(=O)O)C(=O)CN(CCCCN)C(=O)CN(C(=O)CN(CCc1ccc(S(N)(=O)=O)cc1)C(=O)CNCCc1ccccc1)C1CCCCC1. The maximum Gasteiger partial charge on any atom is 0.326 e. The monoisotopic (exact) mass is 1670 g/mol. The number of thioether (sulfide) groups is 1. The van der Waals surface area contributed by atoms with Crippen LogP contribution in [0.3, 0.4) is 0 Å². The molecule has 0 bridgehead atoms. The number of nitrogens with one attached hydrogen (secondary N) is 2. The standard InChI is InChI=1S/C76H116N16O18S4/c1-3-110-57-91(73(99)53-87(43-15-12-39-79)74(100)56-92(62-18-8-5-9-19-62)75(101)55-88(44-33-59-20-26-63(27-21-59)112(80,104)105)68(94)48-83-40-32-58-16-6-4-7-17-58)54-72(98)90(46-35-61-24-30-65(31-25-61)114(82,108)109)52-71(97)89(45-34-60-22-28-64(29-23-60)113(81,106)107)51-70(96)86(42-14-11-38-78)50-69(95)85(41-13-10-37-77)49-67(93)84-66(76(102)103)36-47-111-2/h4,6-7,16-17,20-31,62,66,83H,3,5,8-15,18-19,32-57,77-79H2,1-2H3,(H,84,93)(H,102,103)(H2,80,104,105)(H2,81,106,107)(H2,82,108,109). The minimum atomic E-state index is -4.15. The summed E-state index contributed by atoms with van der Waals surface area (Å²) >= 11 is 1.38. The van der Waals surface area contributed by atoms with Crippen LogP contribution in [0, 0.1) is 0 Å². The van der Waals surface area contributed by atoms with Gasteiger partial charge in [-0.1, -0.05) is 86.0 Å². The average Bonchev–Trinajstić information content (AvgIpc) is 0.852. The third kappa shape index (κ3) is 34.9. The van der Waals surface area contributed by atoms with Crippen LogP contribution in [0.1, 0.15) is 106 Å². The molecule has 1 unspecified atom stereocenters. The fourth-order valence-corrected chi connectivity index (χ4v) is 14.6. The van der Waals surface area contributed by atoms with Crippen LogP contribution in [0.25, 0.3) is 0 Å². The van der Waals surface area contributed by atoms with Gasteiger partial charge in [-0.05, 0) is 187 Å². The second-order valence-corrected chi connectivity index (χ2v) is 33.5. The van der Waals surface area contributed by atoms with E-state index >= 15 is 24.0 Å². The number of amides is 9. The Balaban J connectivity index is 1.50. The number of unbranched alkanes of at least 4 members (excludes halogenated alkanes) is 3. The molecule has 114 heavy (non-hydrogen) atoms. The molecular formula is C76H116N16O18S4. The van der Waals surface area contributed by atoms with Gasteiger partial charge >= 0.3 is 5.97 Å². The first-order valence-electron chi connectivity index (χ1n) is 38.3. The van der Waals surface area contributed by atoms with Crippen molar-refractivity contribution in [3.8, 4) is 0 Å². The molecule has 1 fully saturated rings. The molecule has 0 spiro atoms. The first-order chi connectivity index (χ1) is 54.3. The molecule has 34 nitrogen and oxygen atoms in total. The third-order valence-corrected chi connectivity index (χ3v) is 22.7. The van der Waals surface area contributed by atoms with Gasteiger partial charge in [-0.2, -0.15) is 11.8 Å². The number of rotatable bonds is 54. The van der Waals surface area contributed by atoms with Crippen molar-refractivity contribution in [2.45, 2.75) is 136 Å². The normalized spacial score (nSPS) is 12.8. The van der Waals surface area contributed by atoms with Crippen molar-refractivity contribution in [1.29, 1.82) is 0 Å². The fraction of sp³-hybridized carbons (Fsp3) is 0.553. The van der Waals surface area contributed by atoms with Crippen LogP contribution in [0.2, 0.25) is 0 Å². The van der Waals surface area contributed by atoms with E-state index in [1.807, 2.05) is 30.3 Å². The predicted molar refractivity (Wildman–Crippen MR) is 431 cm³/mol. The number of nitrogens with zero attached hydrogens (tertiary/aromatic N) is 8. The summed E-state index contributed by atoms with van der Waals surface area (Å²) in [5.74, 6) is -7.10. The summed E-state index contributed by atoms with van der Waals surface area (Å²) in [5.41, 5.74) is 20.3. The van der Waals surface area contributed by atoms with Crippen LogP contribution in [-0.4, -0.2) is 290 Å². The topological polar surface area (TPSA) is 509 Å². The van der Waals surface area contributed by atoms with Crippen molar-refractivity contribution in [1.82, 2.24) is 49.8 Å². The van der Waals surface area contributed by atoms with Crippen molar-refractivity contribution in [2.24, 2.45) is 32.6 Å². The highest BCUT2D eigenvalue weighted by molar-refractivity contribution is 7.98. The number of carbonyl (C=O) groups is 10. The number of hydrogen-bond donors (Lipinski definition) is 9. The van der Waals surface area contributed by atoms with E-state index in [0.717, 1.165) is 39.5 Å². The van der Waals surface area contributed by atoms with Gasteiger partial charge in [-0.25, -0.2) is 45.5 Å². The molecule has 632 valence electrons. The van der Waals surface area contributed by atoms with Crippen molar-refractivity contribution >= 4 is 101 Å². The molecular weight excluding hydrogens is 1550 g/mol. The summed E-state index contributed by atoms with van der Waals surface area (Å²) in [6, 6.07) is 24.7. The number of carboxylic acids is 1. The average molecular weight is 1670 g/mol. The molecule has 0 aromatic heterocycles. The van der Waals surface area contributed by atoms with E-state index in [1.54, 1.807) is 25.3 Å². The van der Waals surface area contributed by atoms with Gasteiger partial charge < -0.3 is 76.9 Å². The first kappa shape index (κ1) is 96.0. The van der Waals surface area contributed by atoms with Gasteiger partial charge in [-0.15, -0.1) is 0 Å². The largest absolute Gasteiger partial charge is 0.480 e. The Morgan fingerprint density at radius 3 is 1.20 bits per heavy atom. The lowest BCUT2D eigenvalue weighted by Crippen LogP contribution is -2.54. The van der Waals surface area contributed by atoms with Crippen molar-refractivity contribution in [3.05, 3.63) is 125 Å². The Bertz CT molecular complexity index is 4090. The van der Waals surface area contributed by atoms with Gasteiger partial charge in [0.2, 0.25) is 83.2 Å². The molecule has 5 rings (SSSR count). The number of carbonyl (C=O) groups excluding carboxylic acids is 9. The van der Waals surface area contributed by atoms with Gasteiger partial charge in [0.15, 0.2) is 0 Å². The zero-order valence-electron chi connectivity index (χ0n) is 65.4. The lowest BCUT2D eigenvalue weighted by molar-refractivity contribution is -0.151. The predicted octanol–water partition coefficient (Wildman–Crippen LogP) is -0.0163. The molecule has 4 aromatic carbocycles. The fourth-order valence-electron chi connectivity index (χ4n) is 12.6. The molecule has 4 aromatic rings. The van der Waals surface area contributed by atoms with E-state index in [9.17, 15) is 54.3 Å². The number of nitrogens with two attached hydrogens (primary N) is 6. The van der Waals surface area contributed by atoms with Crippen molar-refractivity contribution in [3.63, 3.8) is 0 Å². The van der Waals surface area contributed by atoms with E-state index in [0.29, 0.717) is 80.4 Å². The molecule has 0 saturated heterocycles. The summed E-state index contributed by atoms with van der Waals surface area (Å²) < 4.78 is 79.2. The van der Waals surface area contributed by atoms with Gasteiger partial charge in [0.25, 0.3) is 0 Å². The lowest BCUT2D eigenvalue weighted by Gasteiger charge is -2.37. The molecule has 15 N–H and O–H groups in total. The van der Waals surface area contributed by atoms with Crippen LogP contribution in [-0.2, 0) is 108 Å². The van der Waals surface area contributed by atoms with Gasteiger partial charge in [0.1, 0.15) is 25.9 Å². The molecule has 0 heterocycles. The summed E-state index contributed by atoms with van der Waals surface area (Å²) in [5, 5.41) is 31.7. The zero-order valence-corrected chi connectivity index (χ0v) is 68.7. The van der Waals surface area contributed by atoms with Crippen molar-refractivity contribution < 1.29 is 83.0 Å². The first-order valence-corrected chi connectivity index (χ1v) is 44.3. The molecule has 0 aliphatic heterocycles. The van der Waals surface area contributed by atoms with E-state index in [2.05, 4.69) is 10.6 Å². The van der Waals surface area contributed by atoms with E-state index in [4.69, 9.17) is 37.4 Å². The molecule has 0 radical (unpaired) electrons. The lowest BCUT2D eigenvalue weighted by atomic mass is 9.94. The van der Waals surface area contributed by atoms with Crippen LogP contribution < -0.4 is 43.3 Å². The number of primary sulfonamides is 3. The van der Waals surface area contributed by atoms with Gasteiger partial charge in [0, 0.05) is 51.9 Å². The molecule has 1 aliphatic rings. The van der Waals surface area contributed by atoms with E-state index in [1.165, 1.54) is 96.9 Å². The molecule has 1 saturated carbocycles. The molecule has 1 aliphatic carbocycles. The van der Waals surface area contributed by atoms with Crippen LogP contribution >= 0.6 is 11.8 Å². The Labute approximate surface area is 674 Å². The third-order valence-electron chi connectivity index (χ3n) is 19.2. The Morgan fingerprint density at radius 2 is 0.816 bits per heavy atom. The highest BCUT2D eigenvalue weighted by atomic mass is 32.2. The number of carboxylic acid groups (broad SMARTS) is 1. The highest BCUT2D eigenvalue weighted by Crippen LogP contribution is 2.24.